The maximum absolute atomic E-state index is 5.48. The van der Waals surface area contributed by atoms with E-state index >= 15 is 0 Å². The van der Waals surface area contributed by atoms with Gasteiger partial charge in [0.25, 0.3) is 0 Å². The molecule has 0 aliphatic carbocycles. The highest BCUT2D eigenvalue weighted by Crippen LogP contribution is 2.11. The van der Waals surface area contributed by atoms with Crippen molar-refractivity contribution in [3.05, 3.63) is 35.4 Å². The molecule has 0 spiro atoms. The molecule has 2 nitrogen and oxygen atoms in total. The number of aryl methyl sites for hydroxylation is 1. The molecule has 0 aliphatic rings. The van der Waals surface area contributed by atoms with Gasteiger partial charge in [0.2, 0.25) is 0 Å². The zero-order valence-electron chi connectivity index (χ0n) is 8.12. The molecule has 1 aromatic rings. The van der Waals surface area contributed by atoms with Gasteiger partial charge in [0, 0.05) is 0 Å². The molecular weight excluding hydrogens is 178 g/mol. The quantitative estimate of drug-likeness (QED) is 0.689. The minimum absolute atomic E-state index is 0.757. The highest BCUT2D eigenvalue weighted by atomic mass is 28.2. The highest BCUT2D eigenvalue weighted by molar-refractivity contribution is 5.97. The summed E-state index contributed by atoms with van der Waals surface area (Å²) in [5.74, 6) is 0. The molecular formula is C10H17NOSi. The second-order valence-corrected chi connectivity index (χ2v) is 3.67. The van der Waals surface area contributed by atoms with Crippen molar-refractivity contribution in [1.29, 1.82) is 0 Å². The largest absolute Gasteiger partial charge is 0.424 e. The van der Waals surface area contributed by atoms with E-state index in [1.165, 1.54) is 11.1 Å². The first-order valence-electron chi connectivity index (χ1n) is 4.64. The van der Waals surface area contributed by atoms with Gasteiger partial charge in [-0.25, -0.2) is 0 Å². The molecule has 0 atom stereocenters. The van der Waals surface area contributed by atoms with Crippen LogP contribution in [0.15, 0.2) is 24.3 Å². The summed E-state index contributed by atoms with van der Waals surface area (Å²) >= 11 is 0. The number of nitrogens with two attached hydrogens (primary N) is 1. The van der Waals surface area contributed by atoms with Crippen LogP contribution in [0.3, 0.4) is 0 Å². The first-order valence-corrected chi connectivity index (χ1v) is 5.46. The Hall–Kier alpha value is -0.643. The summed E-state index contributed by atoms with van der Waals surface area (Å²) in [7, 11) is 0.802. The zero-order valence-corrected chi connectivity index (χ0v) is 10.1. The lowest BCUT2D eigenvalue weighted by molar-refractivity contribution is 0.337. The van der Waals surface area contributed by atoms with Crippen molar-refractivity contribution in [2.75, 3.05) is 6.54 Å². The van der Waals surface area contributed by atoms with Crippen molar-refractivity contribution in [1.82, 2.24) is 0 Å². The van der Waals surface area contributed by atoms with Crippen LogP contribution in [-0.4, -0.2) is 17.0 Å². The van der Waals surface area contributed by atoms with Crippen LogP contribution < -0.4 is 5.73 Å². The Morgan fingerprint density at radius 2 is 1.92 bits per heavy atom. The minimum Gasteiger partial charge on any atom is -0.424 e. The van der Waals surface area contributed by atoms with E-state index in [0.717, 1.165) is 36.5 Å². The van der Waals surface area contributed by atoms with Gasteiger partial charge in [0.05, 0.1) is 6.61 Å². The smallest absolute Gasteiger partial charge is 0.146 e. The number of hydrogen-bond acceptors (Lipinski definition) is 2. The average molecular weight is 195 g/mol. The Bertz CT molecular complexity index is 252. The molecule has 3 heteroatoms. The summed E-state index contributed by atoms with van der Waals surface area (Å²) < 4.78 is 5.26. The molecule has 2 N–H and O–H groups in total. The molecule has 0 aliphatic heterocycles. The standard InChI is InChI=1S/C10H17NOSi/c11-7-3-6-9-4-1-2-5-10(9)8-12-13/h1-2,4-5H,3,6-8,11H2,13H3. The summed E-state index contributed by atoms with van der Waals surface area (Å²) in [6.07, 6.45) is 2.12. The lowest BCUT2D eigenvalue weighted by Gasteiger charge is -2.07. The first kappa shape index (κ1) is 10.4. The van der Waals surface area contributed by atoms with Gasteiger partial charge in [0.15, 0.2) is 0 Å². The topological polar surface area (TPSA) is 35.2 Å². The molecule has 0 amide bonds. The molecule has 1 aromatic carbocycles. The number of hydrogen-bond donors (Lipinski definition) is 1. The van der Waals surface area contributed by atoms with Crippen molar-refractivity contribution >= 4 is 10.5 Å². The monoisotopic (exact) mass is 195 g/mol. The van der Waals surface area contributed by atoms with Crippen LogP contribution in [-0.2, 0) is 17.5 Å². The third-order valence-corrected chi connectivity index (χ3v) is 2.36. The van der Waals surface area contributed by atoms with E-state index in [9.17, 15) is 0 Å². The SMILES string of the molecule is NCCCc1ccccc1CO[SiH3]. The molecule has 0 fully saturated rings. The maximum atomic E-state index is 5.48. The molecule has 0 bridgehead atoms. The predicted octanol–water partition coefficient (Wildman–Crippen LogP) is 0.375. The summed E-state index contributed by atoms with van der Waals surface area (Å²) in [5, 5.41) is 0. The Balaban J connectivity index is 2.66. The summed E-state index contributed by atoms with van der Waals surface area (Å²) in [4.78, 5) is 0. The van der Waals surface area contributed by atoms with Gasteiger partial charge in [0.1, 0.15) is 10.5 Å². The zero-order chi connectivity index (χ0) is 9.52. The molecule has 0 saturated heterocycles. The number of rotatable bonds is 5. The second kappa shape index (κ2) is 5.91. The fraction of sp³-hybridized carbons (Fsp3) is 0.400. The highest BCUT2D eigenvalue weighted by Gasteiger charge is 1.99. The van der Waals surface area contributed by atoms with E-state index < -0.39 is 0 Å². The molecule has 0 heterocycles. The Morgan fingerprint density at radius 3 is 2.54 bits per heavy atom. The van der Waals surface area contributed by atoms with Gasteiger partial charge < -0.3 is 10.2 Å². The Kier molecular flexibility index (Phi) is 4.75. The van der Waals surface area contributed by atoms with Gasteiger partial charge >= 0.3 is 0 Å². The molecule has 72 valence electrons. The molecule has 0 aromatic heterocycles. The lowest BCUT2D eigenvalue weighted by atomic mass is 10.0. The molecule has 0 radical (unpaired) electrons. The van der Waals surface area contributed by atoms with Crippen molar-refractivity contribution in [3.63, 3.8) is 0 Å². The van der Waals surface area contributed by atoms with E-state index in [-0.39, 0.29) is 0 Å². The van der Waals surface area contributed by atoms with E-state index in [1.54, 1.807) is 0 Å². The van der Waals surface area contributed by atoms with Gasteiger partial charge in [-0.2, -0.15) is 0 Å². The number of benzene rings is 1. The summed E-state index contributed by atoms with van der Waals surface area (Å²) in [5.41, 5.74) is 8.17. The van der Waals surface area contributed by atoms with E-state index in [0.29, 0.717) is 0 Å². The van der Waals surface area contributed by atoms with Crippen LogP contribution in [0.5, 0.6) is 0 Å². The van der Waals surface area contributed by atoms with Crippen molar-refractivity contribution in [3.8, 4) is 0 Å². The van der Waals surface area contributed by atoms with Gasteiger partial charge in [-0.1, -0.05) is 24.3 Å². The summed E-state index contributed by atoms with van der Waals surface area (Å²) in [6, 6.07) is 8.42. The fourth-order valence-corrected chi connectivity index (χ4v) is 1.70. The maximum Gasteiger partial charge on any atom is 0.146 e. The van der Waals surface area contributed by atoms with Crippen LogP contribution in [0, 0.1) is 0 Å². The van der Waals surface area contributed by atoms with E-state index in [2.05, 4.69) is 24.3 Å². The Labute approximate surface area is 82.6 Å². The van der Waals surface area contributed by atoms with Crippen molar-refractivity contribution in [2.24, 2.45) is 5.73 Å². The van der Waals surface area contributed by atoms with Crippen LogP contribution in [0.1, 0.15) is 17.5 Å². The van der Waals surface area contributed by atoms with Crippen LogP contribution in [0.4, 0.5) is 0 Å². The third kappa shape index (κ3) is 3.30. The van der Waals surface area contributed by atoms with E-state index in [1.807, 2.05) is 0 Å². The lowest BCUT2D eigenvalue weighted by Crippen LogP contribution is -2.02. The molecule has 13 heavy (non-hydrogen) atoms. The second-order valence-electron chi connectivity index (χ2n) is 3.09. The van der Waals surface area contributed by atoms with Crippen LogP contribution in [0.25, 0.3) is 0 Å². The van der Waals surface area contributed by atoms with Gasteiger partial charge in [-0.15, -0.1) is 0 Å². The molecule has 0 unspecified atom stereocenters. The normalized spacial score (nSPS) is 10.5. The minimum atomic E-state index is 0.757. The summed E-state index contributed by atoms with van der Waals surface area (Å²) in [6.45, 7) is 1.52. The fourth-order valence-electron chi connectivity index (χ4n) is 1.39. The Morgan fingerprint density at radius 1 is 1.23 bits per heavy atom. The van der Waals surface area contributed by atoms with Crippen LogP contribution >= 0.6 is 0 Å². The first-order chi connectivity index (χ1) is 6.38. The molecule has 0 saturated carbocycles. The average Bonchev–Trinajstić information content (AvgIpc) is 2.17. The third-order valence-electron chi connectivity index (χ3n) is 2.07. The van der Waals surface area contributed by atoms with Crippen LogP contribution in [0.2, 0.25) is 0 Å². The predicted molar refractivity (Wildman–Crippen MR) is 58.5 cm³/mol. The van der Waals surface area contributed by atoms with Crippen molar-refractivity contribution < 1.29 is 4.43 Å². The van der Waals surface area contributed by atoms with Gasteiger partial charge in [-0.05, 0) is 30.5 Å². The molecule has 1 rings (SSSR count). The van der Waals surface area contributed by atoms with Crippen molar-refractivity contribution in [2.45, 2.75) is 19.4 Å². The van der Waals surface area contributed by atoms with Gasteiger partial charge in [-0.3, -0.25) is 0 Å². The van der Waals surface area contributed by atoms with E-state index in [4.69, 9.17) is 10.2 Å².